The Bertz CT molecular complexity index is 3420. The van der Waals surface area contributed by atoms with Gasteiger partial charge in [-0.1, -0.05) is 225 Å². The number of rotatable bonds is 8. The van der Waals surface area contributed by atoms with Gasteiger partial charge in [-0.3, -0.25) is 0 Å². The summed E-state index contributed by atoms with van der Waals surface area (Å²) in [7, 11) is -2.73. The maximum atomic E-state index is 2.49. The Balaban J connectivity index is 0.981. The van der Waals surface area contributed by atoms with Gasteiger partial charge in [-0.2, -0.15) is 0 Å². The monoisotopic (exact) mass is 859 g/mol. The summed E-state index contributed by atoms with van der Waals surface area (Å²) in [6.07, 6.45) is 0.998. The van der Waals surface area contributed by atoms with Gasteiger partial charge in [0, 0.05) is 16.5 Å². The minimum Gasteiger partial charge on any atom is -0.309 e. The van der Waals surface area contributed by atoms with E-state index in [1.54, 1.807) is 0 Å². The number of aromatic nitrogens is 1. The Kier molecular flexibility index (Phi) is 10.0. The first kappa shape index (κ1) is 39.8. The first-order chi connectivity index (χ1) is 32.6. The van der Waals surface area contributed by atoms with Gasteiger partial charge in [0.1, 0.15) is 0 Å². The molecule has 2 atom stereocenters. The van der Waals surface area contributed by atoms with E-state index in [1.165, 1.54) is 98.3 Å². The van der Waals surface area contributed by atoms with Crippen LogP contribution in [0.4, 0.5) is 0 Å². The maximum absolute atomic E-state index is 2.73. The van der Waals surface area contributed by atoms with Crippen LogP contribution in [0, 0.1) is 0 Å². The van der Waals surface area contributed by atoms with Crippen LogP contribution >= 0.6 is 0 Å². The molecular formula is C64H49NSi. The molecule has 10 aromatic carbocycles. The van der Waals surface area contributed by atoms with Gasteiger partial charge in [0.05, 0.1) is 11.0 Å². The van der Waals surface area contributed by atoms with Crippen LogP contribution in [0.15, 0.2) is 255 Å². The second-order valence-corrected chi connectivity index (χ2v) is 21.8. The number of benzene rings is 10. The van der Waals surface area contributed by atoms with E-state index in [2.05, 4.69) is 266 Å². The molecule has 2 heteroatoms. The highest BCUT2D eigenvalue weighted by atomic mass is 28.3. The predicted molar refractivity (Wildman–Crippen MR) is 282 cm³/mol. The first-order valence-electron chi connectivity index (χ1n) is 23.3. The van der Waals surface area contributed by atoms with Crippen molar-refractivity contribution in [1.29, 1.82) is 0 Å². The SMILES string of the molecule is CC1c2ccc(-c3ccc4c(c3)c3ccccc3n4-c3cccc([Si](c4ccccc4)(c4ccccc4)c4ccccc4)c3)cc2-c2ccccc2CC1c1cccc(-c2ccccc2)c1. The molecule has 0 aliphatic heterocycles. The highest BCUT2D eigenvalue weighted by molar-refractivity contribution is 7.19. The molecule has 0 amide bonds. The molecule has 0 saturated heterocycles. The zero-order valence-corrected chi connectivity index (χ0v) is 38.1. The smallest absolute Gasteiger partial charge is 0.179 e. The van der Waals surface area contributed by atoms with Crippen molar-refractivity contribution >= 4 is 50.6 Å². The van der Waals surface area contributed by atoms with Crippen LogP contribution < -0.4 is 20.7 Å². The van der Waals surface area contributed by atoms with Crippen LogP contribution in [0.25, 0.3) is 60.9 Å². The number of nitrogens with zero attached hydrogens (tertiary/aromatic N) is 1. The van der Waals surface area contributed by atoms with Gasteiger partial charge >= 0.3 is 0 Å². The molecular weight excluding hydrogens is 811 g/mol. The van der Waals surface area contributed by atoms with Crippen molar-refractivity contribution < 1.29 is 0 Å². The quantitative estimate of drug-likeness (QED) is 0.106. The number of hydrogen-bond acceptors (Lipinski definition) is 0. The Labute approximate surface area is 389 Å². The number of hydrogen-bond donors (Lipinski definition) is 0. The molecule has 1 heterocycles. The van der Waals surface area contributed by atoms with Gasteiger partial charge in [0.15, 0.2) is 8.07 Å². The molecule has 1 aromatic heterocycles. The van der Waals surface area contributed by atoms with Crippen molar-refractivity contribution in [2.45, 2.75) is 25.2 Å². The lowest BCUT2D eigenvalue weighted by Gasteiger charge is -2.34. The Morgan fingerprint density at radius 2 is 0.924 bits per heavy atom. The maximum Gasteiger partial charge on any atom is 0.179 e. The van der Waals surface area contributed by atoms with E-state index in [0.717, 1.165) is 6.42 Å². The molecule has 0 N–H and O–H groups in total. The van der Waals surface area contributed by atoms with Gasteiger partial charge in [-0.25, -0.2) is 0 Å². The van der Waals surface area contributed by atoms with Crippen molar-refractivity contribution in [2.24, 2.45) is 0 Å². The molecule has 314 valence electrons. The van der Waals surface area contributed by atoms with Gasteiger partial charge < -0.3 is 4.57 Å². The number of fused-ring (bicyclic) bond motifs is 6. The van der Waals surface area contributed by atoms with Gasteiger partial charge in [0.2, 0.25) is 0 Å². The fraction of sp³-hybridized carbons (Fsp3) is 0.0625. The van der Waals surface area contributed by atoms with Crippen LogP contribution in [0.3, 0.4) is 0 Å². The second-order valence-electron chi connectivity index (χ2n) is 18.0. The van der Waals surface area contributed by atoms with Crippen molar-refractivity contribution in [3.63, 3.8) is 0 Å². The third-order valence-corrected chi connectivity index (χ3v) is 19.3. The topological polar surface area (TPSA) is 4.93 Å². The fourth-order valence-electron chi connectivity index (χ4n) is 11.3. The molecule has 1 aliphatic rings. The highest BCUT2D eigenvalue weighted by Gasteiger charge is 2.41. The Hall–Kier alpha value is -7.78. The van der Waals surface area contributed by atoms with E-state index in [9.17, 15) is 0 Å². The van der Waals surface area contributed by atoms with E-state index in [1.807, 2.05) is 0 Å². The molecule has 0 bridgehead atoms. The van der Waals surface area contributed by atoms with Crippen molar-refractivity contribution in [1.82, 2.24) is 4.57 Å². The predicted octanol–water partition coefficient (Wildman–Crippen LogP) is 13.6. The lowest BCUT2D eigenvalue weighted by Crippen LogP contribution is -2.74. The van der Waals surface area contributed by atoms with Crippen LogP contribution in [-0.4, -0.2) is 12.6 Å². The van der Waals surface area contributed by atoms with Crippen LogP contribution in [0.1, 0.15) is 35.4 Å². The summed E-state index contributed by atoms with van der Waals surface area (Å²) in [6.45, 7) is 2.44. The summed E-state index contributed by atoms with van der Waals surface area (Å²) in [6, 6.07) is 95.5. The largest absolute Gasteiger partial charge is 0.309 e. The summed E-state index contributed by atoms with van der Waals surface area (Å²) < 4.78 is 2.49. The standard InChI is InChI=1S/C64H49NSi/c1-45-57-38-36-48(41-61(57)58-33-15-14-22-51(58)43-60(45)50-24-18-23-47(40-50)46-20-6-2-7-21-46)49-37-39-64-62(42-49)59-34-16-17-35-63(59)65(64)52-25-19-32-56(44-52)66(53-26-8-3-9-27-53,54-28-10-4-11-29-54)55-30-12-5-13-31-55/h2-42,44-45,60H,43H2,1H3. The van der Waals surface area contributed by atoms with Gasteiger partial charge in [-0.05, 0) is 125 Å². The van der Waals surface area contributed by atoms with E-state index in [-0.39, 0.29) is 0 Å². The molecule has 66 heavy (non-hydrogen) atoms. The lowest BCUT2D eigenvalue weighted by atomic mass is 9.79. The van der Waals surface area contributed by atoms with E-state index >= 15 is 0 Å². The zero-order valence-electron chi connectivity index (χ0n) is 37.1. The average molecular weight is 860 g/mol. The van der Waals surface area contributed by atoms with Gasteiger partial charge in [-0.15, -0.1) is 0 Å². The van der Waals surface area contributed by atoms with Crippen molar-refractivity contribution in [3.8, 4) is 39.1 Å². The molecule has 1 nitrogen and oxygen atoms in total. The number of para-hydroxylation sites is 1. The van der Waals surface area contributed by atoms with Crippen LogP contribution in [-0.2, 0) is 6.42 Å². The minimum absolute atomic E-state index is 0.330. The molecule has 1 aliphatic carbocycles. The zero-order chi connectivity index (χ0) is 44.0. The highest BCUT2D eigenvalue weighted by Crippen LogP contribution is 2.47. The molecule has 0 saturated carbocycles. The minimum atomic E-state index is -2.73. The van der Waals surface area contributed by atoms with Crippen molar-refractivity contribution in [3.05, 3.63) is 271 Å². The molecule has 0 radical (unpaired) electrons. The van der Waals surface area contributed by atoms with Gasteiger partial charge in [0.25, 0.3) is 0 Å². The molecule has 11 aromatic rings. The normalized spacial score (nSPS) is 14.7. The fourth-order valence-corrected chi connectivity index (χ4v) is 16.1. The Morgan fingerprint density at radius 1 is 0.379 bits per heavy atom. The summed E-state index contributed by atoms with van der Waals surface area (Å²) >= 11 is 0. The van der Waals surface area contributed by atoms with E-state index in [0.29, 0.717) is 11.8 Å². The van der Waals surface area contributed by atoms with Crippen molar-refractivity contribution in [2.75, 3.05) is 0 Å². The molecule has 2 unspecified atom stereocenters. The van der Waals surface area contributed by atoms with Crippen LogP contribution in [0.5, 0.6) is 0 Å². The molecule has 0 spiro atoms. The summed E-state index contributed by atoms with van der Waals surface area (Å²) in [5.74, 6) is 0.681. The lowest BCUT2D eigenvalue weighted by molar-refractivity contribution is 0.579. The van der Waals surface area contributed by atoms with E-state index in [4.69, 9.17) is 0 Å². The third kappa shape index (κ3) is 6.68. The van der Waals surface area contributed by atoms with Crippen LogP contribution in [0.2, 0.25) is 0 Å². The Morgan fingerprint density at radius 3 is 1.65 bits per heavy atom. The molecule has 12 rings (SSSR count). The van der Waals surface area contributed by atoms with E-state index < -0.39 is 8.07 Å². The third-order valence-electron chi connectivity index (χ3n) is 14.5. The average Bonchev–Trinajstić information content (AvgIpc) is 3.66. The molecule has 0 fully saturated rings. The summed E-state index contributed by atoms with van der Waals surface area (Å²) in [5.41, 5.74) is 15.5. The summed E-state index contributed by atoms with van der Waals surface area (Å²) in [5, 5.41) is 7.99. The first-order valence-corrected chi connectivity index (χ1v) is 25.3. The second kappa shape index (κ2) is 16.6. The summed E-state index contributed by atoms with van der Waals surface area (Å²) in [4.78, 5) is 0.